The van der Waals surface area contributed by atoms with Gasteiger partial charge in [-0.3, -0.25) is 14.4 Å². The molecule has 0 aliphatic carbocycles. The van der Waals surface area contributed by atoms with Crippen LogP contribution < -0.4 is 32.5 Å². The molecule has 0 heterocycles. The minimum Gasteiger partial charge on any atom is -0.550 e. The van der Waals surface area contributed by atoms with E-state index in [1.807, 2.05) is 0 Å². The largest absolute Gasteiger partial charge is 3.00 e. The number of hydrogen-bond acceptors (Lipinski definition) is 18. The van der Waals surface area contributed by atoms with Crippen LogP contribution in [0.2, 0.25) is 0 Å². The van der Waals surface area contributed by atoms with Crippen LogP contribution in [-0.4, -0.2) is 89.2 Å². The smallest absolute Gasteiger partial charge is 0.550 e. The predicted molar refractivity (Wildman–Crippen MR) is 261 cm³/mol. The number of rotatable bonds is 42. The van der Waals surface area contributed by atoms with Crippen LogP contribution in [0.1, 0.15) is 252 Å². The van der Waals surface area contributed by atoms with E-state index < -0.39 is 71.8 Å². The van der Waals surface area contributed by atoms with E-state index >= 15 is 0 Å². The van der Waals surface area contributed by atoms with E-state index in [2.05, 4.69) is 35.0 Å². The maximum absolute atomic E-state index is 11.5. The van der Waals surface area contributed by atoms with E-state index in [1.165, 1.54) is 116 Å². The zero-order chi connectivity index (χ0) is 52.5. The summed E-state index contributed by atoms with van der Waals surface area (Å²) in [4.78, 5) is 99.6. The Labute approximate surface area is 429 Å². The average Bonchev–Trinajstić information content (AvgIpc) is 3.30. The van der Waals surface area contributed by atoms with Crippen molar-refractivity contribution in [2.75, 3.05) is 0 Å². The Morgan fingerprint density at radius 2 is 0.486 bits per heavy atom. The quantitative estimate of drug-likeness (QED) is 0.0235. The third kappa shape index (κ3) is 55.2. The summed E-state index contributed by atoms with van der Waals surface area (Å²) in [5, 5.41) is 30.8. The van der Waals surface area contributed by atoms with Crippen molar-refractivity contribution in [3.05, 3.63) is 0 Å². The Kier molecular flexibility index (Phi) is 55.2. The molecule has 70 heavy (non-hydrogen) atoms. The second kappa shape index (κ2) is 53.1. The summed E-state index contributed by atoms with van der Waals surface area (Å²) in [6.45, 7) is 6.58. The Morgan fingerprint density at radius 3 is 0.657 bits per heavy atom. The minimum atomic E-state index is -1.28. The van der Waals surface area contributed by atoms with E-state index in [-0.39, 0.29) is 75.1 Å². The molecule has 0 aromatic carbocycles. The Balaban J connectivity index is -0.000000463. The average molecular weight is 1010 g/mol. The van der Waals surface area contributed by atoms with E-state index in [9.17, 15) is 58.5 Å². The van der Waals surface area contributed by atoms with Gasteiger partial charge in [0.05, 0.1) is 0 Å². The number of carbonyl (C=O) groups excluding carboxylic acids is 9. The summed E-state index contributed by atoms with van der Waals surface area (Å²) in [5.41, 5.74) is 16.3. The van der Waals surface area contributed by atoms with E-state index in [0.29, 0.717) is 19.3 Å². The summed E-state index contributed by atoms with van der Waals surface area (Å²) < 4.78 is 13.8. The first-order valence-corrected chi connectivity index (χ1v) is 26.0. The number of esters is 6. The van der Waals surface area contributed by atoms with Crippen molar-refractivity contribution in [2.24, 2.45) is 17.2 Å². The number of unbranched alkanes of at least 4 members (excludes halogenated alkanes) is 24. The van der Waals surface area contributed by atoms with Crippen molar-refractivity contribution in [3.63, 3.8) is 0 Å². The van der Waals surface area contributed by atoms with Gasteiger partial charge in [-0.15, -0.1) is 0 Å². The number of nitrogens with two attached hydrogens (primary N) is 3. The molecule has 0 saturated carbocycles. The van der Waals surface area contributed by atoms with Gasteiger partial charge in [-0.2, -0.15) is 0 Å². The van der Waals surface area contributed by atoms with Gasteiger partial charge in [0, 0.05) is 37.2 Å². The molecule has 3 atom stereocenters. The van der Waals surface area contributed by atoms with Crippen molar-refractivity contribution in [1.29, 1.82) is 0 Å². The first-order chi connectivity index (χ1) is 32.9. The number of hydrogen-bond donors (Lipinski definition) is 3. The minimum absolute atomic E-state index is 0. The maximum Gasteiger partial charge on any atom is 3.00 e. The number of carbonyl (C=O) groups is 9. The van der Waals surface area contributed by atoms with Gasteiger partial charge in [0.1, 0.15) is 18.1 Å². The molecule has 0 amide bonds. The van der Waals surface area contributed by atoms with E-state index in [4.69, 9.17) is 17.2 Å². The first-order valence-electron chi connectivity index (χ1n) is 26.0. The van der Waals surface area contributed by atoms with Crippen molar-refractivity contribution in [3.8, 4) is 0 Å². The predicted octanol–water partition coefficient (Wildman–Crippen LogP) is 5.12. The molecule has 0 radical (unpaired) electrons. The molecule has 0 aliphatic rings. The van der Waals surface area contributed by atoms with Gasteiger partial charge in [-0.1, -0.05) is 175 Å². The number of ether oxygens (including phenoxy) is 3. The third-order valence-electron chi connectivity index (χ3n) is 11.0. The van der Waals surface area contributed by atoms with Crippen LogP contribution in [0.4, 0.5) is 0 Å². The van der Waals surface area contributed by atoms with Gasteiger partial charge in [0.15, 0.2) is 0 Å². The molecule has 3 unspecified atom stereocenters. The number of carboxylic acids is 3. The monoisotopic (exact) mass is 1010 g/mol. The van der Waals surface area contributed by atoms with Crippen LogP contribution in [0.15, 0.2) is 0 Å². The summed E-state index contributed by atoms with van der Waals surface area (Å²) in [7, 11) is 0. The summed E-state index contributed by atoms with van der Waals surface area (Å²) in [5.74, 6) is -8.24. The molecule has 0 bridgehead atoms. The zero-order valence-corrected chi connectivity index (χ0v) is 44.3. The van der Waals surface area contributed by atoms with Crippen LogP contribution in [0.3, 0.4) is 0 Å². The molecule has 0 spiro atoms. The Morgan fingerprint density at radius 1 is 0.314 bits per heavy atom. The topological polar surface area (TPSA) is 329 Å². The van der Waals surface area contributed by atoms with Crippen molar-refractivity contribution in [1.82, 2.24) is 0 Å². The van der Waals surface area contributed by atoms with Gasteiger partial charge in [0.2, 0.25) is 0 Å². The van der Waals surface area contributed by atoms with E-state index in [0.717, 1.165) is 38.5 Å². The summed E-state index contributed by atoms with van der Waals surface area (Å²) >= 11 is 0. The maximum atomic E-state index is 11.5. The molecule has 0 rings (SSSR count). The van der Waals surface area contributed by atoms with Crippen LogP contribution in [-0.2, 0) is 57.4 Å². The SMILES string of the molecule is CCCCCCCCCCCC(=O)OC(=O)C(N)CCC(=O)[O-].CCCCCCCCCCCC(=O)OC(=O)C(N)CCC(=O)[O-].CCCCCCCCCCCC(=O)OC(=O)C(N)CCC(=O)[O-].[Al+3]. The normalized spacial score (nSPS) is 11.7. The number of carboxylic acid groups (broad SMARTS) is 3. The molecule has 0 fully saturated rings. The molecular weight excluding hydrogens is 922 g/mol. The fraction of sp³-hybridized carbons (Fsp3) is 0.824. The second-order valence-corrected chi connectivity index (χ2v) is 17.7. The zero-order valence-electron chi connectivity index (χ0n) is 43.1. The van der Waals surface area contributed by atoms with Gasteiger partial charge < -0.3 is 61.1 Å². The second-order valence-electron chi connectivity index (χ2n) is 17.7. The van der Waals surface area contributed by atoms with Crippen molar-refractivity contribution in [2.45, 2.75) is 270 Å². The van der Waals surface area contributed by atoms with Crippen LogP contribution >= 0.6 is 0 Å². The third-order valence-corrected chi connectivity index (χ3v) is 11.0. The molecule has 0 aromatic heterocycles. The van der Waals surface area contributed by atoms with E-state index in [1.54, 1.807) is 0 Å². The summed E-state index contributed by atoms with van der Waals surface area (Å²) in [6, 6.07) is -3.29. The molecule has 0 saturated heterocycles. The fourth-order valence-corrected chi connectivity index (χ4v) is 6.63. The van der Waals surface area contributed by atoms with Crippen LogP contribution in [0.25, 0.3) is 0 Å². The summed E-state index contributed by atoms with van der Waals surface area (Å²) in [6.07, 6.45) is 30.0. The van der Waals surface area contributed by atoms with Gasteiger partial charge >= 0.3 is 53.2 Å². The number of aliphatic carboxylic acids is 3. The Hall–Kier alpha value is -3.76. The van der Waals surface area contributed by atoms with Gasteiger partial charge in [-0.05, 0) is 57.8 Å². The van der Waals surface area contributed by atoms with Crippen LogP contribution in [0, 0.1) is 0 Å². The molecular formula is C51H90AlN3O15. The molecule has 6 N–H and O–H groups in total. The van der Waals surface area contributed by atoms with Gasteiger partial charge in [-0.25, -0.2) is 14.4 Å². The fourth-order valence-electron chi connectivity index (χ4n) is 6.63. The first kappa shape index (κ1) is 72.8. The van der Waals surface area contributed by atoms with Crippen LogP contribution in [0.5, 0.6) is 0 Å². The van der Waals surface area contributed by atoms with Gasteiger partial charge in [0.25, 0.3) is 0 Å². The van der Waals surface area contributed by atoms with Crippen molar-refractivity contribution < 1.29 is 72.7 Å². The molecule has 402 valence electrons. The molecule has 19 heteroatoms. The molecule has 18 nitrogen and oxygen atoms in total. The standard InChI is InChI=1S/3C17H31NO5.Al/c3*1-2-3-4-5-6-7-8-9-10-11-16(21)23-17(22)14(18)12-13-15(19)20;/h3*14H,2-13,18H2,1H3,(H,19,20);/q;;;+3/p-3. The molecule has 0 aromatic rings. The molecule has 0 aliphatic heterocycles. The van der Waals surface area contributed by atoms with Crippen molar-refractivity contribution >= 4 is 71.1 Å². The Bertz CT molecular complexity index is 1240.